The molecule has 0 saturated heterocycles. The van der Waals surface area contributed by atoms with Crippen LogP contribution in [0.4, 0.5) is 0 Å². The van der Waals surface area contributed by atoms with Crippen LogP contribution in [-0.2, 0) is 24.1 Å². The lowest BCUT2D eigenvalue weighted by atomic mass is 10.3. The summed E-state index contributed by atoms with van der Waals surface area (Å²) in [4.78, 5) is 43.4. The highest BCUT2D eigenvalue weighted by Gasteiger charge is 2.23. The van der Waals surface area contributed by atoms with Gasteiger partial charge in [-0.1, -0.05) is 20.1 Å². The molecule has 0 atom stereocenters. The Morgan fingerprint density at radius 1 is 1.00 bits per heavy atom. The lowest BCUT2D eigenvalue weighted by Crippen LogP contribution is -2.36. The van der Waals surface area contributed by atoms with E-state index >= 15 is 0 Å². The Kier molecular flexibility index (Phi) is 6.41. The number of carbonyl (C=O) groups excluding carboxylic acids is 3. The first-order valence-corrected chi connectivity index (χ1v) is 5.38. The van der Waals surface area contributed by atoms with Crippen molar-refractivity contribution in [2.45, 2.75) is 33.6 Å². The minimum absolute atomic E-state index is 0.0763. The minimum atomic E-state index is -0.853. The van der Waals surface area contributed by atoms with Crippen LogP contribution in [0.3, 0.4) is 0 Å². The molecule has 0 aliphatic carbocycles. The van der Waals surface area contributed by atoms with Crippen LogP contribution in [0.5, 0.6) is 0 Å². The van der Waals surface area contributed by atoms with Gasteiger partial charge in [0.2, 0.25) is 0 Å². The normalized spacial score (nSPS) is 9.28. The maximum Gasteiger partial charge on any atom is 0.362 e. The lowest BCUT2D eigenvalue weighted by molar-refractivity contribution is -0.302. The van der Waals surface area contributed by atoms with Crippen molar-refractivity contribution in [1.82, 2.24) is 5.23 Å². The first kappa shape index (κ1) is 15.9. The van der Waals surface area contributed by atoms with Gasteiger partial charge in [0.05, 0.1) is 0 Å². The molecule has 0 aromatic carbocycles. The summed E-state index contributed by atoms with van der Waals surface area (Å²) < 4.78 is 0. The fraction of sp³-hybridized carbons (Fsp3) is 0.417. The molecule has 0 aliphatic rings. The van der Waals surface area contributed by atoms with Crippen molar-refractivity contribution < 1.29 is 24.1 Å². The van der Waals surface area contributed by atoms with Gasteiger partial charge in [0.1, 0.15) is 0 Å². The molecule has 0 unspecified atom stereocenters. The molecule has 100 valence electrons. The van der Waals surface area contributed by atoms with Crippen molar-refractivity contribution in [3.63, 3.8) is 0 Å². The third-order valence-corrected chi connectivity index (χ3v) is 1.70. The number of carbonyl (C=O) groups is 3. The summed E-state index contributed by atoms with van der Waals surface area (Å²) in [5.74, 6) is -2.34. The number of hydrogen-bond donors (Lipinski definition) is 0. The van der Waals surface area contributed by atoms with Crippen LogP contribution < -0.4 is 0 Å². The Balaban J connectivity index is 4.77. The summed E-state index contributed by atoms with van der Waals surface area (Å²) in [5.41, 5.74) is 0.159. The standard InChI is InChI=1S/C12H17NO5/c1-6-7-10(14)13(17-11(15)8(2)3)18-12(16)9(4)5/h2,4,6-7H2,1,3,5H3. The second kappa shape index (κ2) is 7.26. The van der Waals surface area contributed by atoms with Crippen LogP contribution in [-0.4, -0.2) is 23.1 Å². The van der Waals surface area contributed by atoms with Crippen LogP contribution >= 0.6 is 0 Å². The molecule has 0 N–H and O–H groups in total. The SMILES string of the molecule is C=C(C)C(=O)ON(OC(=O)C(=C)C)C(=O)CCC. The van der Waals surface area contributed by atoms with E-state index in [1.165, 1.54) is 13.8 Å². The molecule has 1 amide bonds. The quantitative estimate of drug-likeness (QED) is 0.564. The molecule has 0 heterocycles. The molecule has 0 aromatic heterocycles. The van der Waals surface area contributed by atoms with Gasteiger partial charge in [-0.25, -0.2) is 9.59 Å². The molecule has 18 heavy (non-hydrogen) atoms. The zero-order chi connectivity index (χ0) is 14.3. The number of hydrogen-bond acceptors (Lipinski definition) is 5. The average molecular weight is 255 g/mol. The first-order valence-electron chi connectivity index (χ1n) is 5.38. The van der Waals surface area contributed by atoms with Gasteiger partial charge in [-0.3, -0.25) is 14.5 Å². The van der Waals surface area contributed by atoms with Crippen molar-refractivity contribution in [3.8, 4) is 0 Å². The third kappa shape index (κ3) is 5.29. The van der Waals surface area contributed by atoms with Gasteiger partial charge in [-0.15, -0.1) is 0 Å². The van der Waals surface area contributed by atoms with Crippen LogP contribution in [0.25, 0.3) is 0 Å². The smallest absolute Gasteiger partial charge is 0.298 e. The highest BCUT2D eigenvalue weighted by atomic mass is 17.0. The Hall–Kier alpha value is -2.11. The summed E-state index contributed by atoms with van der Waals surface area (Å²) in [5, 5.41) is 0.275. The van der Waals surface area contributed by atoms with E-state index in [1.807, 2.05) is 0 Å². The van der Waals surface area contributed by atoms with E-state index in [0.717, 1.165) is 0 Å². The second-order valence-electron chi connectivity index (χ2n) is 3.72. The van der Waals surface area contributed by atoms with Gasteiger partial charge in [0.15, 0.2) is 0 Å². The number of hydroxylamine groups is 2. The molecule has 0 saturated carbocycles. The highest BCUT2D eigenvalue weighted by molar-refractivity contribution is 5.90. The number of amides is 1. The van der Waals surface area contributed by atoms with E-state index in [2.05, 4.69) is 22.8 Å². The maximum atomic E-state index is 11.6. The molecule has 6 heteroatoms. The van der Waals surface area contributed by atoms with Crippen molar-refractivity contribution in [2.75, 3.05) is 0 Å². The van der Waals surface area contributed by atoms with Crippen molar-refractivity contribution in [1.29, 1.82) is 0 Å². The number of rotatable bonds is 4. The van der Waals surface area contributed by atoms with Gasteiger partial charge in [-0.05, 0) is 20.3 Å². The summed E-state index contributed by atoms with van der Waals surface area (Å²) >= 11 is 0. The molecule has 0 bridgehead atoms. The summed E-state index contributed by atoms with van der Waals surface area (Å²) in [6.07, 6.45) is 0.595. The van der Waals surface area contributed by atoms with Gasteiger partial charge in [-0.2, -0.15) is 0 Å². The fourth-order valence-electron chi connectivity index (χ4n) is 0.732. The Labute approximate surface area is 106 Å². The number of nitrogens with zero attached hydrogens (tertiary/aromatic N) is 1. The topological polar surface area (TPSA) is 72.9 Å². The van der Waals surface area contributed by atoms with Gasteiger partial charge < -0.3 is 0 Å². The Morgan fingerprint density at radius 2 is 1.39 bits per heavy atom. The minimum Gasteiger partial charge on any atom is -0.298 e. The van der Waals surface area contributed by atoms with Crippen LogP contribution in [0, 0.1) is 0 Å². The van der Waals surface area contributed by atoms with Gasteiger partial charge >= 0.3 is 11.9 Å². The van der Waals surface area contributed by atoms with Gasteiger partial charge in [0, 0.05) is 22.8 Å². The Bertz CT molecular complexity index is 358. The molecule has 6 nitrogen and oxygen atoms in total. The van der Waals surface area contributed by atoms with Crippen molar-refractivity contribution in [3.05, 3.63) is 24.3 Å². The van der Waals surface area contributed by atoms with Crippen LogP contribution in [0.1, 0.15) is 33.6 Å². The molecule has 0 aromatic rings. The highest BCUT2D eigenvalue weighted by Crippen LogP contribution is 2.06. The summed E-state index contributed by atoms with van der Waals surface area (Å²) in [7, 11) is 0. The summed E-state index contributed by atoms with van der Waals surface area (Å²) in [6, 6.07) is 0. The first-order chi connectivity index (χ1) is 8.29. The summed E-state index contributed by atoms with van der Waals surface area (Å²) in [6.45, 7) is 11.3. The predicted molar refractivity (Wildman–Crippen MR) is 63.6 cm³/mol. The molecule has 0 radical (unpaired) electrons. The largest absolute Gasteiger partial charge is 0.362 e. The van der Waals surface area contributed by atoms with Crippen molar-refractivity contribution >= 4 is 17.8 Å². The molecule has 0 rings (SSSR count). The van der Waals surface area contributed by atoms with Crippen LogP contribution in [0.15, 0.2) is 24.3 Å². The van der Waals surface area contributed by atoms with E-state index in [-0.39, 0.29) is 22.8 Å². The van der Waals surface area contributed by atoms with E-state index < -0.39 is 17.8 Å². The zero-order valence-corrected chi connectivity index (χ0v) is 10.8. The fourth-order valence-corrected chi connectivity index (χ4v) is 0.732. The molecule has 0 fully saturated rings. The third-order valence-electron chi connectivity index (χ3n) is 1.70. The maximum absolute atomic E-state index is 11.6. The monoisotopic (exact) mass is 255 g/mol. The second-order valence-corrected chi connectivity index (χ2v) is 3.72. The van der Waals surface area contributed by atoms with Crippen LogP contribution in [0.2, 0.25) is 0 Å². The molecule has 0 spiro atoms. The van der Waals surface area contributed by atoms with E-state index in [4.69, 9.17) is 0 Å². The van der Waals surface area contributed by atoms with Crippen molar-refractivity contribution in [2.24, 2.45) is 0 Å². The van der Waals surface area contributed by atoms with E-state index in [9.17, 15) is 14.4 Å². The zero-order valence-electron chi connectivity index (χ0n) is 10.8. The molecular formula is C12H17NO5. The van der Waals surface area contributed by atoms with E-state index in [0.29, 0.717) is 6.42 Å². The van der Waals surface area contributed by atoms with Gasteiger partial charge in [0.25, 0.3) is 5.91 Å². The van der Waals surface area contributed by atoms with E-state index in [1.54, 1.807) is 6.92 Å². The predicted octanol–water partition coefficient (Wildman–Crippen LogP) is 1.68. The molecule has 0 aliphatic heterocycles. The Morgan fingerprint density at radius 3 is 1.67 bits per heavy atom. The molecular weight excluding hydrogens is 238 g/mol. The lowest BCUT2D eigenvalue weighted by Gasteiger charge is -2.18. The average Bonchev–Trinajstić information content (AvgIpc) is 2.27.